The van der Waals surface area contributed by atoms with Crippen LogP contribution in [-0.2, 0) is 16.6 Å². The SMILES string of the molecule is CCC(C)Sc1nnc(-c2cn(S(=O)(=O)c3ccccc3)c3ccccc23)n1CC. The van der Waals surface area contributed by atoms with Gasteiger partial charge in [-0.05, 0) is 31.5 Å². The lowest BCUT2D eigenvalue weighted by Crippen LogP contribution is -2.11. The molecule has 0 spiro atoms. The molecule has 4 aromatic rings. The number of nitrogens with zero attached hydrogens (tertiary/aromatic N) is 4. The molecule has 1 atom stereocenters. The Labute approximate surface area is 181 Å². The first-order valence-corrected chi connectivity index (χ1v) is 12.3. The molecule has 1 unspecified atom stereocenters. The third-order valence-electron chi connectivity index (χ3n) is 5.13. The van der Waals surface area contributed by atoms with Gasteiger partial charge in [-0.1, -0.05) is 62.0 Å². The fourth-order valence-electron chi connectivity index (χ4n) is 3.36. The fourth-order valence-corrected chi connectivity index (χ4v) is 5.70. The summed E-state index contributed by atoms with van der Waals surface area (Å²) in [6.45, 7) is 7.06. The molecule has 0 aliphatic carbocycles. The third-order valence-corrected chi connectivity index (χ3v) is 8.07. The van der Waals surface area contributed by atoms with E-state index in [4.69, 9.17) is 0 Å². The maximum atomic E-state index is 13.4. The molecule has 30 heavy (non-hydrogen) atoms. The van der Waals surface area contributed by atoms with Gasteiger partial charge < -0.3 is 4.57 Å². The van der Waals surface area contributed by atoms with Crippen LogP contribution in [0.5, 0.6) is 0 Å². The van der Waals surface area contributed by atoms with Crippen LogP contribution in [0, 0.1) is 0 Å². The molecule has 0 saturated heterocycles. The first kappa shape index (κ1) is 20.7. The summed E-state index contributed by atoms with van der Waals surface area (Å²) < 4.78 is 30.1. The van der Waals surface area contributed by atoms with Gasteiger partial charge in [0.25, 0.3) is 10.0 Å². The van der Waals surface area contributed by atoms with E-state index in [0.717, 1.165) is 22.5 Å². The van der Waals surface area contributed by atoms with Crippen LogP contribution in [0.25, 0.3) is 22.3 Å². The second kappa shape index (κ2) is 8.28. The predicted octanol–water partition coefficient (Wildman–Crippen LogP) is 5.05. The Hall–Kier alpha value is -2.58. The van der Waals surface area contributed by atoms with Crippen molar-refractivity contribution in [3.63, 3.8) is 0 Å². The molecular formula is C22H24N4O2S2. The summed E-state index contributed by atoms with van der Waals surface area (Å²) >= 11 is 1.69. The summed E-state index contributed by atoms with van der Waals surface area (Å²) in [4.78, 5) is 0.252. The Morgan fingerprint density at radius 2 is 1.70 bits per heavy atom. The minimum absolute atomic E-state index is 0.252. The fraction of sp³-hybridized carbons (Fsp3) is 0.273. The molecule has 0 saturated carbocycles. The van der Waals surface area contributed by atoms with E-state index in [0.29, 0.717) is 23.1 Å². The van der Waals surface area contributed by atoms with Crippen molar-refractivity contribution in [1.82, 2.24) is 18.7 Å². The van der Waals surface area contributed by atoms with Crippen LogP contribution in [0.4, 0.5) is 0 Å². The molecule has 8 heteroatoms. The minimum atomic E-state index is -3.73. The second-order valence-electron chi connectivity index (χ2n) is 7.06. The molecule has 156 valence electrons. The second-order valence-corrected chi connectivity index (χ2v) is 10.3. The highest BCUT2D eigenvalue weighted by Gasteiger charge is 2.24. The molecule has 6 nitrogen and oxygen atoms in total. The maximum Gasteiger partial charge on any atom is 0.268 e. The molecule has 0 aliphatic heterocycles. The van der Waals surface area contributed by atoms with Gasteiger partial charge in [0.2, 0.25) is 0 Å². The summed E-state index contributed by atoms with van der Waals surface area (Å²) in [6, 6.07) is 16.0. The lowest BCUT2D eigenvalue weighted by Gasteiger charge is -2.10. The van der Waals surface area contributed by atoms with Gasteiger partial charge in [0.15, 0.2) is 11.0 Å². The van der Waals surface area contributed by atoms with E-state index in [9.17, 15) is 8.42 Å². The largest absolute Gasteiger partial charge is 0.302 e. The van der Waals surface area contributed by atoms with Gasteiger partial charge in [-0.15, -0.1) is 10.2 Å². The zero-order valence-corrected chi connectivity index (χ0v) is 18.8. The van der Waals surface area contributed by atoms with Crippen molar-refractivity contribution < 1.29 is 8.42 Å². The molecule has 2 aromatic carbocycles. The summed E-state index contributed by atoms with van der Waals surface area (Å²) in [6.07, 6.45) is 2.70. The van der Waals surface area contributed by atoms with Crippen molar-refractivity contribution in [2.24, 2.45) is 0 Å². The number of rotatable bonds is 7. The molecule has 2 aromatic heterocycles. The molecule has 2 heterocycles. The third kappa shape index (κ3) is 3.54. The molecule has 0 aliphatic rings. The van der Waals surface area contributed by atoms with Crippen molar-refractivity contribution in [3.8, 4) is 11.4 Å². The molecule has 0 radical (unpaired) electrons. The van der Waals surface area contributed by atoms with E-state index in [1.807, 2.05) is 31.2 Å². The van der Waals surface area contributed by atoms with E-state index >= 15 is 0 Å². The van der Waals surface area contributed by atoms with Gasteiger partial charge in [-0.25, -0.2) is 12.4 Å². The molecule has 0 fully saturated rings. The van der Waals surface area contributed by atoms with E-state index in [1.54, 1.807) is 48.3 Å². The number of benzene rings is 2. The summed E-state index contributed by atoms with van der Waals surface area (Å²) in [5.41, 5.74) is 1.38. The van der Waals surface area contributed by atoms with E-state index in [-0.39, 0.29) is 4.90 Å². The lowest BCUT2D eigenvalue weighted by molar-refractivity contribution is 0.589. The zero-order valence-electron chi connectivity index (χ0n) is 17.2. The van der Waals surface area contributed by atoms with Crippen molar-refractivity contribution in [2.75, 3.05) is 0 Å². The van der Waals surface area contributed by atoms with Gasteiger partial charge in [0.1, 0.15) is 0 Å². The van der Waals surface area contributed by atoms with Gasteiger partial charge in [-0.2, -0.15) is 0 Å². The van der Waals surface area contributed by atoms with Gasteiger partial charge in [0, 0.05) is 28.9 Å². The van der Waals surface area contributed by atoms with E-state index < -0.39 is 10.0 Å². The van der Waals surface area contributed by atoms with Crippen LogP contribution in [0.15, 0.2) is 70.8 Å². The predicted molar refractivity (Wildman–Crippen MR) is 121 cm³/mol. The highest BCUT2D eigenvalue weighted by atomic mass is 32.2. The Balaban J connectivity index is 1.91. The van der Waals surface area contributed by atoms with E-state index in [1.165, 1.54) is 3.97 Å². The first-order valence-electron chi connectivity index (χ1n) is 9.98. The minimum Gasteiger partial charge on any atom is -0.302 e. The normalized spacial score (nSPS) is 13.0. The molecule has 4 rings (SSSR count). The average molecular weight is 441 g/mol. The van der Waals surface area contributed by atoms with Crippen LogP contribution in [0.2, 0.25) is 0 Å². The number of fused-ring (bicyclic) bond motifs is 1. The lowest BCUT2D eigenvalue weighted by atomic mass is 10.1. The number of aromatic nitrogens is 4. The van der Waals surface area contributed by atoms with E-state index in [2.05, 4.69) is 28.6 Å². The quantitative estimate of drug-likeness (QED) is 0.376. The summed E-state index contributed by atoms with van der Waals surface area (Å²) in [5, 5.41) is 11.0. The van der Waals surface area contributed by atoms with Gasteiger partial charge >= 0.3 is 0 Å². The smallest absolute Gasteiger partial charge is 0.268 e. The topological polar surface area (TPSA) is 69.8 Å². The number of hydrogen-bond acceptors (Lipinski definition) is 5. The molecule has 0 amide bonds. The van der Waals surface area contributed by atoms with Crippen LogP contribution in [-0.4, -0.2) is 32.4 Å². The maximum absolute atomic E-state index is 13.4. The molecule has 0 N–H and O–H groups in total. The Kier molecular flexibility index (Phi) is 5.71. The van der Waals surface area contributed by atoms with Gasteiger partial charge in [0.05, 0.1) is 10.4 Å². The number of hydrogen-bond donors (Lipinski definition) is 0. The highest BCUT2D eigenvalue weighted by Crippen LogP contribution is 2.34. The first-order chi connectivity index (χ1) is 14.5. The Morgan fingerprint density at radius 3 is 2.40 bits per heavy atom. The zero-order chi connectivity index (χ0) is 21.3. The van der Waals surface area contributed by atoms with Crippen LogP contribution in [0.3, 0.4) is 0 Å². The van der Waals surface area contributed by atoms with Crippen LogP contribution >= 0.6 is 11.8 Å². The summed E-state index contributed by atoms with van der Waals surface area (Å²) in [5.74, 6) is 0.682. The van der Waals surface area contributed by atoms with Crippen LogP contribution < -0.4 is 0 Å². The Morgan fingerprint density at radius 1 is 1.00 bits per heavy atom. The highest BCUT2D eigenvalue weighted by molar-refractivity contribution is 7.99. The van der Waals surface area contributed by atoms with Gasteiger partial charge in [-0.3, -0.25) is 0 Å². The Bertz CT molecular complexity index is 1280. The van der Waals surface area contributed by atoms with Crippen LogP contribution in [0.1, 0.15) is 27.2 Å². The number of thioether (sulfide) groups is 1. The molecular weight excluding hydrogens is 416 g/mol. The molecule has 0 bridgehead atoms. The van der Waals surface area contributed by atoms with Crippen molar-refractivity contribution in [2.45, 2.75) is 49.0 Å². The van der Waals surface area contributed by atoms with Crippen molar-refractivity contribution in [1.29, 1.82) is 0 Å². The standard InChI is InChI=1S/C22H24N4O2S2/c1-4-16(3)29-22-24-23-21(25(22)5-2)19-15-26(20-14-10-9-13-18(19)20)30(27,28)17-11-7-6-8-12-17/h6-16H,4-5H2,1-3H3. The van der Waals surface area contributed by atoms with Crippen molar-refractivity contribution >= 4 is 32.7 Å². The van der Waals surface area contributed by atoms with Crippen molar-refractivity contribution in [3.05, 3.63) is 60.8 Å². The number of para-hydroxylation sites is 1. The summed E-state index contributed by atoms with van der Waals surface area (Å²) in [7, 11) is -3.73. The average Bonchev–Trinajstić information content (AvgIpc) is 3.35. The monoisotopic (exact) mass is 440 g/mol.